The van der Waals surface area contributed by atoms with Gasteiger partial charge in [0.15, 0.2) is 12.6 Å². The van der Waals surface area contributed by atoms with E-state index in [-0.39, 0.29) is 17.9 Å². The number of hydrogen-bond acceptors (Lipinski definition) is 2. The number of carbonyl (C=O) groups is 2. The van der Waals surface area contributed by atoms with Crippen molar-refractivity contribution < 1.29 is 14.1 Å². The summed E-state index contributed by atoms with van der Waals surface area (Å²) in [5.41, 5.74) is 2.96. The number of para-hydroxylation sites is 1. The van der Waals surface area contributed by atoms with Crippen molar-refractivity contribution in [2.45, 2.75) is 40.7 Å². The van der Waals surface area contributed by atoms with Gasteiger partial charge in [-0.3, -0.25) is 9.59 Å². The first-order valence-electron chi connectivity index (χ1n) is 8.24. The van der Waals surface area contributed by atoms with Gasteiger partial charge in [-0.15, -0.1) is 0 Å². The summed E-state index contributed by atoms with van der Waals surface area (Å²) >= 11 is 0. The highest BCUT2D eigenvalue weighted by Gasteiger charge is 2.37. The van der Waals surface area contributed by atoms with Crippen LogP contribution in [0.15, 0.2) is 18.2 Å². The zero-order valence-electron chi connectivity index (χ0n) is 15.2. The Morgan fingerprint density at radius 2 is 1.65 bits per heavy atom. The average molecular weight is 320 g/mol. The smallest absolute Gasteiger partial charge is 0.282 e. The molecular formula is C18H30N3O2+. The minimum absolute atomic E-state index is 0.0413. The number of amides is 2. The summed E-state index contributed by atoms with van der Waals surface area (Å²) in [7, 11) is 1.63. The molecule has 0 fully saturated rings. The van der Waals surface area contributed by atoms with Gasteiger partial charge in [0.05, 0.1) is 13.1 Å². The Hall–Kier alpha value is -1.88. The van der Waals surface area contributed by atoms with Crippen LogP contribution in [0, 0.1) is 13.8 Å². The predicted octanol–water partition coefficient (Wildman–Crippen LogP) is 2.23. The largest absolute Gasteiger partial charge is 0.354 e. The van der Waals surface area contributed by atoms with Gasteiger partial charge in [-0.05, 0) is 45.7 Å². The number of carbonyl (C=O) groups excluding carboxylic acids is 2. The van der Waals surface area contributed by atoms with Crippen LogP contribution >= 0.6 is 0 Å². The molecule has 1 aromatic rings. The second-order valence-corrected chi connectivity index (χ2v) is 6.11. The molecule has 1 rings (SSSR count). The molecule has 0 saturated heterocycles. The molecule has 0 radical (unpaired) electrons. The zero-order chi connectivity index (χ0) is 17.6. The highest BCUT2D eigenvalue weighted by molar-refractivity contribution is 5.95. The summed E-state index contributed by atoms with van der Waals surface area (Å²) in [6, 6.07) is 5.65. The monoisotopic (exact) mass is 320 g/mol. The maximum Gasteiger partial charge on any atom is 0.282 e. The van der Waals surface area contributed by atoms with Crippen molar-refractivity contribution in [3.63, 3.8) is 0 Å². The summed E-state index contributed by atoms with van der Waals surface area (Å²) < 4.78 is 0.441. The first kappa shape index (κ1) is 19.2. The lowest BCUT2D eigenvalue weighted by Crippen LogP contribution is -2.61. The Kier molecular flexibility index (Phi) is 6.76. The van der Waals surface area contributed by atoms with Gasteiger partial charge < -0.3 is 15.1 Å². The molecule has 5 nitrogen and oxygen atoms in total. The molecule has 23 heavy (non-hydrogen) atoms. The Morgan fingerprint density at radius 3 is 2.09 bits per heavy atom. The van der Waals surface area contributed by atoms with Crippen LogP contribution in [0.25, 0.3) is 0 Å². The van der Waals surface area contributed by atoms with E-state index in [0.717, 1.165) is 29.9 Å². The Morgan fingerprint density at radius 1 is 1.13 bits per heavy atom. The summed E-state index contributed by atoms with van der Waals surface area (Å²) in [6.45, 7) is 11.7. The van der Waals surface area contributed by atoms with E-state index >= 15 is 0 Å². The fourth-order valence-electron chi connectivity index (χ4n) is 2.98. The van der Waals surface area contributed by atoms with Crippen LogP contribution in [0.3, 0.4) is 0 Å². The number of nitrogens with zero attached hydrogens (tertiary/aromatic N) is 1. The molecule has 128 valence electrons. The van der Waals surface area contributed by atoms with E-state index in [1.165, 1.54) is 0 Å². The second kappa shape index (κ2) is 8.11. The Bertz CT molecular complexity index is 545. The van der Waals surface area contributed by atoms with Crippen molar-refractivity contribution >= 4 is 17.5 Å². The van der Waals surface area contributed by atoms with Gasteiger partial charge in [-0.25, -0.2) is 0 Å². The van der Waals surface area contributed by atoms with Crippen LogP contribution in [0.1, 0.15) is 31.9 Å². The zero-order valence-corrected chi connectivity index (χ0v) is 15.2. The van der Waals surface area contributed by atoms with Gasteiger partial charge in [0.1, 0.15) is 0 Å². The highest BCUT2D eigenvalue weighted by Crippen LogP contribution is 2.21. The van der Waals surface area contributed by atoms with Crippen LogP contribution in [-0.4, -0.2) is 49.0 Å². The summed E-state index contributed by atoms with van der Waals surface area (Å²) in [5, 5.41) is 5.72. The quantitative estimate of drug-likeness (QED) is 0.757. The normalized spacial score (nSPS) is 12.6. The number of benzene rings is 1. The number of likely N-dealkylation sites (N-methyl/N-ethyl adjacent to an activating group) is 2. The van der Waals surface area contributed by atoms with Crippen LogP contribution in [0.4, 0.5) is 5.69 Å². The lowest BCUT2D eigenvalue weighted by molar-refractivity contribution is -0.930. The van der Waals surface area contributed by atoms with E-state index in [9.17, 15) is 9.59 Å². The lowest BCUT2D eigenvalue weighted by atomic mass is 10.1. The maximum atomic E-state index is 12.8. The Labute approximate surface area is 139 Å². The minimum atomic E-state index is -0.304. The maximum absolute atomic E-state index is 12.8. The third-order valence-electron chi connectivity index (χ3n) is 4.93. The number of aryl methyl sites for hydroxylation is 2. The third kappa shape index (κ3) is 4.32. The van der Waals surface area contributed by atoms with Crippen molar-refractivity contribution in [3.05, 3.63) is 29.3 Å². The van der Waals surface area contributed by atoms with E-state index < -0.39 is 0 Å². The van der Waals surface area contributed by atoms with Crippen molar-refractivity contribution in [3.8, 4) is 0 Å². The summed E-state index contributed by atoms with van der Waals surface area (Å²) in [5.74, 6) is -0.0876. The average Bonchev–Trinajstić information content (AvgIpc) is 2.55. The molecule has 0 aromatic heterocycles. The first-order valence-corrected chi connectivity index (χ1v) is 8.24. The fourth-order valence-corrected chi connectivity index (χ4v) is 2.98. The number of rotatable bonds is 7. The molecule has 1 aromatic carbocycles. The number of nitrogens with one attached hydrogen (secondary N) is 2. The van der Waals surface area contributed by atoms with Crippen molar-refractivity contribution in [2.75, 3.05) is 32.0 Å². The topological polar surface area (TPSA) is 58.2 Å². The molecule has 0 aliphatic heterocycles. The van der Waals surface area contributed by atoms with Gasteiger partial charge in [0.2, 0.25) is 0 Å². The molecule has 1 unspecified atom stereocenters. The van der Waals surface area contributed by atoms with Gasteiger partial charge in [-0.1, -0.05) is 18.2 Å². The number of anilines is 1. The van der Waals surface area contributed by atoms with Gasteiger partial charge in [-0.2, -0.15) is 0 Å². The lowest BCUT2D eigenvalue weighted by Gasteiger charge is -2.40. The number of quaternary nitrogens is 1. The molecule has 2 amide bonds. The Balaban J connectivity index is 3.02. The molecule has 0 heterocycles. The second-order valence-electron chi connectivity index (χ2n) is 6.11. The van der Waals surface area contributed by atoms with Gasteiger partial charge in [0.25, 0.3) is 11.8 Å². The molecule has 2 N–H and O–H groups in total. The van der Waals surface area contributed by atoms with E-state index in [0.29, 0.717) is 11.0 Å². The van der Waals surface area contributed by atoms with Gasteiger partial charge in [0, 0.05) is 12.7 Å². The predicted molar refractivity (Wildman–Crippen MR) is 94.3 cm³/mol. The molecule has 0 aliphatic carbocycles. The number of hydrogen-bond donors (Lipinski definition) is 2. The van der Waals surface area contributed by atoms with E-state index in [4.69, 9.17) is 0 Å². The van der Waals surface area contributed by atoms with Crippen molar-refractivity contribution in [1.29, 1.82) is 0 Å². The van der Waals surface area contributed by atoms with Crippen molar-refractivity contribution in [1.82, 2.24) is 5.32 Å². The van der Waals surface area contributed by atoms with E-state index in [1.807, 2.05) is 52.8 Å². The SMILES string of the molecule is CC[N+](CC)(CC(=O)NC)C(C)C(=O)Nc1c(C)cccc1C. The van der Waals surface area contributed by atoms with Crippen LogP contribution in [0.2, 0.25) is 0 Å². The minimum Gasteiger partial charge on any atom is -0.354 e. The fraction of sp³-hybridized carbons (Fsp3) is 0.556. The van der Waals surface area contributed by atoms with Gasteiger partial charge >= 0.3 is 0 Å². The third-order valence-corrected chi connectivity index (χ3v) is 4.93. The van der Waals surface area contributed by atoms with Crippen molar-refractivity contribution in [2.24, 2.45) is 0 Å². The summed E-state index contributed by atoms with van der Waals surface area (Å²) in [4.78, 5) is 24.7. The van der Waals surface area contributed by atoms with E-state index in [2.05, 4.69) is 10.6 Å². The molecule has 1 atom stereocenters. The summed E-state index contributed by atoms with van der Waals surface area (Å²) in [6.07, 6.45) is 0. The molecule has 0 saturated carbocycles. The molecule has 0 bridgehead atoms. The molecular weight excluding hydrogens is 290 g/mol. The molecule has 0 aliphatic rings. The molecule has 0 spiro atoms. The van der Waals surface area contributed by atoms with Crippen LogP contribution in [-0.2, 0) is 9.59 Å². The van der Waals surface area contributed by atoms with E-state index in [1.54, 1.807) is 7.05 Å². The molecule has 5 heteroatoms. The first-order chi connectivity index (χ1) is 10.8. The standard InChI is InChI=1S/C18H29N3O2/c1-7-21(8-2,12-16(22)19-6)15(5)18(23)20-17-13(3)10-9-11-14(17)4/h9-11,15H,7-8,12H2,1-6H3,(H-,19,20,22,23)/p+1. The van der Waals surface area contributed by atoms with Crippen LogP contribution < -0.4 is 10.6 Å². The highest BCUT2D eigenvalue weighted by atomic mass is 16.2. The van der Waals surface area contributed by atoms with Crippen LogP contribution in [0.5, 0.6) is 0 Å².